The summed E-state index contributed by atoms with van der Waals surface area (Å²) in [6.45, 7) is 3.33. The van der Waals surface area contributed by atoms with Gasteiger partial charge < -0.3 is 20.7 Å². The topological polar surface area (TPSA) is 76.3 Å². The Morgan fingerprint density at radius 2 is 2.17 bits per heavy atom. The first-order valence-electron chi connectivity index (χ1n) is 7.35. The Bertz CT molecular complexity index is 761. The third-order valence-electron chi connectivity index (χ3n) is 3.69. The number of halogens is 3. The van der Waals surface area contributed by atoms with Gasteiger partial charge in [-0.2, -0.15) is 14.4 Å². The molecule has 2 aromatic rings. The van der Waals surface area contributed by atoms with Crippen LogP contribution in [-0.2, 0) is 4.74 Å². The first-order valence-corrected chi connectivity index (χ1v) is 7.73. The second-order valence-electron chi connectivity index (χ2n) is 5.45. The van der Waals surface area contributed by atoms with Crippen molar-refractivity contribution in [1.29, 1.82) is 0 Å². The molecule has 1 aromatic carbocycles. The van der Waals surface area contributed by atoms with Crippen LogP contribution in [0.1, 0.15) is 6.92 Å². The molecule has 0 bridgehead atoms. The van der Waals surface area contributed by atoms with Gasteiger partial charge in [-0.1, -0.05) is 11.6 Å². The lowest BCUT2D eigenvalue weighted by atomic mass is 10.2. The van der Waals surface area contributed by atoms with Crippen LogP contribution in [0.4, 0.5) is 31.9 Å². The van der Waals surface area contributed by atoms with E-state index in [1.807, 2.05) is 6.92 Å². The molecule has 0 unspecified atom stereocenters. The lowest BCUT2D eigenvalue weighted by Gasteiger charge is -2.34. The minimum atomic E-state index is -0.692. The average molecular weight is 356 g/mol. The van der Waals surface area contributed by atoms with E-state index in [1.165, 1.54) is 18.2 Å². The first kappa shape index (κ1) is 16.7. The van der Waals surface area contributed by atoms with Gasteiger partial charge in [-0.3, -0.25) is 0 Å². The Hall–Kier alpha value is -2.19. The van der Waals surface area contributed by atoms with Crippen LogP contribution < -0.4 is 16.0 Å². The van der Waals surface area contributed by atoms with Crippen molar-refractivity contribution in [2.75, 3.05) is 35.7 Å². The monoisotopic (exact) mass is 355 g/mol. The van der Waals surface area contributed by atoms with Gasteiger partial charge in [0, 0.05) is 6.54 Å². The van der Waals surface area contributed by atoms with Crippen molar-refractivity contribution in [2.24, 2.45) is 0 Å². The predicted molar refractivity (Wildman–Crippen MR) is 88.7 cm³/mol. The summed E-state index contributed by atoms with van der Waals surface area (Å²) < 4.78 is 32.8. The maximum absolute atomic E-state index is 14.4. The lowest BCUT2D eigenvalue weighted by molar-refractivity contribution is 0.0981. The van der Waals surface area contributed by atoms with Crippen LogP contribution in [0, 0.1) is 11.6 Å². The van der Waals surface area contributed by atoms with Crippen molar-refractivity contribution in [1.82, 2.24) is 9.97 Å². The van der Waals surface area contributed by atoms with Crippen molar-refractivity contribution in [3.8, 4) is 0 Å². The molecule has 1 atom stereocenters. The number of rotatable bonds is 3. The third kappa shape index (κ3) is 3.34. The molecule has 0 saturated carbocycles. The number of ether oxygens (including phenoxy) is 1. The summed E-state index contributed by atoms with van der Waals surface area (Å²) in [6, 6.07) is 3.80. The molecule has 6 nitrogen and oxygen atoms in total. The summed E-state index contributed by atoms with van der Waals surface area (Å²) in [7, 11) is 0. The maximum Gasteiger partial charge on any atom is 0.230 e. The van der Waals surface area contributed by atoms with Gasteiger partial charge in [-0.05, 0) is 25.1 Å². The van der Waals surface area contributed by atoms with E-state index >= 15 is 0 Å². The van der Waals surface area contributed by atoms with Crippen LogP contribution in [0.5, 0.6) is 0 Å². The molecular formula is C15H16ClF2N5O. The van der Waals surface area contributed by atoms with E-state index in [-0.39, 0.29) is 28.6 Å². The standard InChI is InChI=1S/C15H16ClF2N5O/c1-8-7-24-5-4-23(8)14-12(18)13(16)21-15(22-14)20-11-3-2-9(17)6-10(11)19/h2-3,6,8H,4-5,7,19H2,1H3,(H,20,21,22)/t8-/m1/s1. The van der Waals surface area contributed by atoms with Crippen LogP contribution in [-0.4, -0.2) is 35.8 Å². The molecule has 128 valence electrons. The zero-order chi connectivity index (χ0) is 17.3. The van der Waals surface area contributed by atoms with Gasteiger partial charge in [-0.15, -0.1) is 0 Å². The highest BCUT2D eigenvalue weighted by Gasteiger charge is 2.25. The van der Waals surface area contributed by atoms with Crippen LogP contribution in [0.2, 0.25) is 5.15 Å². The molecule has 1 aromatic heterocycles. The molecular weight excluding hydrogens is 340 g/mol. The number of hydrogen-bond donors (Lipinski definition) is 2. The summed E-state index contributed by atoms with van der Waals surface area (Å²) in [5.74, 6) is -0.982. The molecule has 0 spiro atoms. The molecule has 1 aliphatic rings. The van der Waals surface area contributed by atoms with Gasteiger partial charge in [0.25, 0.3) is 0 Å². The molecule has 3 N–H and O–H groups in total. The summed E-state index contributed by atoms with van der Waals surface area (Å²) in [5, 5.41) is 2.54. The normalized spacial score (nSPS) is 17.8. The van der Waals surface area contributed by atoms with E-state index in [9.17, 15) is 8.78 Å². The lowest BCUT2D eigenvalue weighted by Crippen LogP contribution is -2.44. The zero-order valence-corrected chi connectivity index (χ0v) is 13.6. The van der Waals surface area contributed by atoms with E-state index in [1.54, 1.807) is 4.90 Å². The van der Waals surface area contributed by atoms with Gasteiger partial charge in [0.05, 0.1) is 30.6 Å². The number of benzene rings is 1. The quantitative estimate of drug-likeness (QED) is 0.651. The Labute approximate surface area is 142 Å². The van der Waals surface area contributed by atoms with E-state index in [0.29, 0.717) is 25.4 Å². The van der Waals surface area contributed by atoms with E-state index in [0.717, 1.165) is 0 Å². The Morgan fingerprint density at radius 1 is 1.38 bits per heavy atom. The molecule has 24 heavy (non-hydrogen) atoms. The summed E-state index contributed by atoms with van der Waals surface area (Å²) >= 11 is 5.90. The predicted octanol–water partition coefficient (Wildman–Crippen LogP) is 2.96. The fourth-order valence-corrected chi connectivity index (χ4v) is 2.63. The van der Waals surface area contributed by atoms with Crippen LogP contribution in [0.3, 0.4) is 0 Å². The highest BCUT2D eigenvalue weighted by atomic mass is 35.5. The Balaban J connectivity index is 1.94. The van der Waals surface area contributed by atoms with E-state index in [4.69, 9.17) is 22.1 Å². The largest absolute Gasteiger partial charge is 0.397 e. The fraction of sp³-hybridized carbons (Fsp3) is 0.333. The SMILES string of the molecule is C[C@@H]1COCCN1c1nc(Nc2ccc(F)cc2N)nc(Cl)c1F. The minimum Gasteiger partial charge on any atom is -0.397 e. The van der Waals surface area contributed by atoms with E-state index < -0.39 is 11.6 Å². The molecule has 3 rings (SSSR count). The zero-order valence-electron chi connectivity index (χ0n) is 12.9. The summed E-state index contributed by atoms with van der Waals surface area (Å²) in [6.07, 6.45) is 0. The van der Waals surface area contributed by atoms with Crippen LogP contribution in [0.25, 0.3) is 0 Å². The van der Waals surface area contributed by atoms with Crippen molar-refractivity contribution < 1.29 is 13.5 Å². The number of nitrogens with two attached hydrogens (primary N) is 1. The van der Waals surface area contributed by atoms with Crippen molar-refractivity contribution >= 4 is 34.7 Å². The molecule has 0 radical (unpaired) electrons. The second-order valence-corrected chi connectivity index (χ2v) is 5.81. The number of nitrogens with one attached hydrogen (secondary N) is 1. The highest BCUT2D eigenvalue weighted by molar-refractivity contribution is 6.29. The smallest absolute Gasteiger partial charge is 0.230 e. The van der Waals surface area contributed by atoms with Gasteiger partial charge in [0.2, 0.25) is 11.8 Å². The van der Waals surface area contributed by atoms with Crippen LogP contribution >= 0.6 is 11.6 Å². The number of nitrogens with zero attached hydrogens (tertiary/aromatic N) is 3. The molecule has 1 saturated heterocycles. The molecule has 0 aliphatic carbocycles. The molecule has 2 heterocycles. The number of morpholine rings is 1. The van der Waals surface area contributed by atoms with Gasteiger partial charge >= 0.3 is 0 Å². The number of aromatic nitrogens is 2. The van der Waals surface area contributed by atoms with Crippen molar-refractivity contribution in [3.63, 3.8) is 0 Å². The van der Waals surface area contributed by atoms with Crippen LogP contribution in [0.15, 0.2) is 18.2 Å². The molecule has 1 fully saturated rings. The molecule has 1 aliphatic heterocycles. The fourth-order valence-electron chi connectivity index (χ4n) is 2.46. The second kappa shape index (κ2) is 6.74. The Morgan fingerprint density at radius 3 is 2.88 bits per heavy atom. The maximum atomic E-state index is 14.4. The van der Waals surface area contributed by atoms with Gasteiger partial charge in [-0.25, -0.2) is 4.39 Å². The number of anilines is 4. The molecule has 0 amide bonds. The van der Waals surface area contributed by atoms with E-state index in [2.05, 4.69) is 15.3 Å². The summed E-state index contributed by atoms with van der Waals surface area (Å²) in [4.78, 5) is 9.85. The summed E-state index contributed by atoms with van der Waals surface area (Å²) in [5.41, 5.74) is 6.33. The number of hydrogen-bond acceptors (Lipinski definition) is 6. The minimum absolute atomic E-state index is 0.0528. The third-order valence-corrected chi connectivity index (χ3v) is 3.94. The highest BCUT2D eigenvalue weighted by Crippen LogP contribution is 2.29. The van der Waals surface area contributed by atoms with Gasteiger partial charge in [0.15, 0.2) is 11.0 Å². The average Bonchev–Trinajstić information content (AvgIpc) is 2.54. The number of nitrogen functional groups attached to an aromatic ring is 1. The Kier molecular flexibility index (Phi) is 4.68. The molecule has 9 heteroatoms. The van der Waals surface area contributed by atoms with Crippen molar-refractivity contribution in [2.45, 2.75) is 13.0 Å². The van der Waals surface area contributed by atoms with Crippen molar-refractivity contribution in [3.05, 3.63) is 35.0 Å². The van der Waals surface area contributed by atoms with Gasteiger partial charge in [0.1, 0.15) is 5.82 Å². The first-order chi connectivity index (χ1) is 11.5.